The molecular weight excluding hydrogens is 368 g/mol. The van der Waals surface area contributed by atoms with Crippen molar-refractivity contribution in [2.24, 2.45) is 0 Å². The predicted octanol–water partition coefficient (Wildman–Crippen LogP) is 3.01. The molecular formula is C23H26N2O4. The van der Waals surface area contributed by atoms with Crippen molar-refractivity contribution >= 4 is 5.91 Å². The fourth-order valence-electron chi connectivity index (χ4n) is 4.51. The molecule has 29 heavy (non-hydrogen) atoms. The van der Waals surface area contributed by atoms with Crippen LogP contribution in [-0.2, 0) is 34.0 Å². The van der Waals surface area contributed by atoms with E-state index in [4.69, 9.17) is 14.2 Å². The quantitative estimate of drug-likeness (QED) is 0.798. The summed E-state index contributed by atoms with van der Waals surface area (Å²) in [6.07, 6.45) is 1.84. The van der Waals surface area contributed by atoms with Gasteiger partial charge in [0.05, 0.1) is 44.7 Å². The topological polar surface area (TPSA) is 60.9 Å². The molecule has 4 heterocycles. The number of fused-ring (bicyclic) bond motifs is 1. The molecule has 3 aliphatic rings. The largest absolute Gasteiger partial charge is 0.372 e. The number of benzene rings is 1. The molecule has 2 saturated heterocycles. The Balaban J connectivity index is 1.17. The lowest BCUT2D eigenvalue weighted by molar-refractivity contribution is -0.188. The van der Waals surface area contributed by atoms with Crippen LogP contribution >= 0.6 is 0 Å². The summed E-state index contributed by atoms with van der Waals surface area (Å²) in [6.45, 7) is 5.67. The number of ether oxygens (including phenoxy) is 3. The maximum Gasteiger partial charge on any atom is 0.254 e. The molecule has 0 saturated carbocycles. The van der Waals surface area contributed by atoms with E-state index in [0.29, 0.717) is 39.5 Å². The number of pyridine rings is 1. The number of carbonyl (C=O) groups is 1. The van der Waals surface area contributed by atoms with Crippen molar-refractivity contribution in [2.45, 2.75) is 51.3 Å². The zero-order valence-corrected chi connectivity index (χ0v) is 16.7. The van der Waals surface area contributed by atoms with Crippen LogP contribution in [0, 0.1) is 6.92 Å². The van der Waals surface area contributed by atoms with Gasteiger partial charge in [0.1, 0.15) is 5.60 Å². The van der Waals surface area contributed by atoms with Gasteiger partial charge in [-0.25, -0.2) is 0 Å². The number of likely N-dealkylation sites (tertiary alicyclic amines) is 1. The molecule has 3 aliphatic heterocycles. The Labute approximate surface area is 170 Å². The van der Waals surface area contributed by atoms with Gasteiger partial charge in [0.15, 0.2) is 0 Å². The van der Waals surface area contributed by atoms with E-state index in [9.17, 15) is 4.79 Å². The molecule has 0 N–H and O–H groups in total. The van der Waals surface area contributed by atoms with Gasteiger partial charge in [-0.3, -0.25) is 9.78 Å². The van der Waals surface area contributed by atoms with Crippen molar-refractivity contribution in [1.82, 2.24) is 9.88 Å². The summed E-state index contributed by atoms with van der Waals surface area (Å²) in [5, 5.41) is 0. The molecule has 1 aromatic heterocycles. The second kappa shape index (κ2) is 7.52. The molecule has 2 fully saturated rings. The minimum atomic E-state index is -0.265. The molecule has 0 aliphatic carbocycles. The highest BCUT2D eigenvalue weighted by Crippen LogP contribution is 2.36. The highest BCUT2D eigenvalue weighted by molar-refractivity contribution is 5.95. The molecule has 1 spiro atoms. The van der Waals surface area contributed by atoms with Crippen LogP contribution in [-0.4, -0.2) is 47.2 Å². The zero-order chi connectivity index (χ0) is 19.8. The third-order valence-electron chi connectivity index (χ3n) is 6.07. The third-order valence-corrected chi connectivity index (χ3v) is 6.07. The molecule has 1 aromatic carbocycles. The number of hydrogen-bond donors (Lipinski definition) is 0. The normalized spacial score (nSPS) is 22.4. The maximum atomic E-state index is 12.9. The van der Waals surface area contributed by atoms with Gasteiger partial charge >= 0.3 is 0 Å². The van der Waals surface area contributed by atoms with Crippen molar-refractivity contribution in [1.29, 1.82) is 0 Å². The lowest BCUT2D eigenvalue weighted by Gasteiger charge is -2.53. The van der Waals surface area contributed by atoms with Gasteiger partial charge in [0.2, 0.25) is 0 Å². The van der Waals surface area contributed by atoms with Gasteiger partial charge in [-0.15, -0.1) is 0 Å². The van der Waals surface area contributed by atoms with Crippen molar-refractivity contribution in [3.05, 3.63) is 64.5 Å². The van der Waals surface area contributed by atoms with Crippen LogP contribution < -0.4 is 0 Å². The average Bonchev–Trinajstić information content (AvgIpc) is 3.18. The second-order valence-electron chi connectivity index (χ2n) is 8.37. The first-order valence-corrected chi connectivity index (χ1v) is 10.3. The molecule has 5 rings (SSSR count). The molecule has 2 aromatic rings. The van der Waals surface area contributed by atoms with E-state index in [-0.39, 0.29) is 17.6 Å². The highest BCUT2D eigenvalue weighted by Gasteiger charge is 2.49. The Kier molecular flexibility index (Phi) is 4.86. The summed E-state index contributed by atoms with van der Waals surface area (Å²) < 4.78 is 17.7. The first kappa shape index (κ1) is 18.7. The number of carbonyl (C=O) groups excluding carboxylic acids is 1. The van der Waals surface area contributed by atoms with Crippen LogP contribution in [0.3, 0.4) is 0 Å². The predicted molar refractivity (Wildman–Crippen MR) is 106 cm³/mol. The second-order valence-corrected chi connectivity index (χ2v) is 8.37. The Morgan fingerprint density at radius 1 is 1.24 bits per heavy atom. The van der Waals surface area contributed by atoms with Gasteiger partial charge in [-0.1, -0.05) is 12.1 Å². The summed E-state index contributed by atoms with van der Waals surface area (Å²) in [4.78, 5) is 19.2. The SMILES string of the molecule is Cc1cccc(COC2CCOC3(C2)CN(C(=O)c2ccc4c(c2)COC4)C3)n1. The van der Waals surface area contributed by atoms with Crippen molar-refractivity contribution in [3.8, 4) is 0 Å². The molecule has 1 unspecified atom stereocenters. The van der Waals surface area contributed by atoms with Gasteiger partial charge in [-0.2, -0.15) is 0 Å². The number of rotatable bonds is 4. The summed E-state index contributed by atoms with van der Waals surface area (Å²) in [7, 11) is 0. The highest BCUT2D eigenvalue weighted by atomic mass is 16.5. The Morgan fingerprint density at radius 3 is 2.97 bits per heavy atom. The monoisotopic (exact) mass is 394 g/mol. The van der Waals surface area contributed by atoms with Crippen LogP contribution in [0.15, 0.2) is 36.4 Å². The average molecular weight is 394 g/mol. The van der Waals surface area contributed by atoms with Gasteiger partial charge in [0.25, 0.3) is 5.91 Å². The van der Waals surface area contributed by atoms with Crippen molar-refractivity contribution < 1.29 is 19.0 Å². The first-order chi connectivity index (χ1) is 14.1. The van der Waals surface area contributed by atoms with Crippen LogP contribution in [0.2, 0.25) is 0 Å². The van der Waals surface area contributed by atoms with Gasteiger partial charge in [-0.05, 0) is 48.7 Å². The van der Waals surface area contributed by atoms with Crippen LogP contribution in [0.4, 0.5) is 0 Å². The number of aryl methyl sites for hydroxylation is 1. The molecule has 6 heteroatoms. The number of hydrogen-bond acceptors (Lipinski definition) is 5. The molecule has 1 atom stereocenters. The molecule has 0 bridgehead atoms. The van der Waals surface area contributed by atoms with Crippen LogP contribution in [0.25, 0.3) is 0 Å². The summed E-state index contributed by atoms with van der Waals surface area (Å²) in [5.74, 6) is 0.0703. The van der Waals surface area contributed by atoms with Crippen LogP contribution in [0.1, 0.15) is 45.7 Å². The van der Waals surface area contributed by atoms with Gasteiger partial charge in [0, 0.05) is 24.3 Å². The molecule has 152 valence electrons. The Hall–Kier alpha value is -2.28. The summed E-state index contributed by atoms with van der Waals surface area (Å²) in [5.41, 5.74) is 4.73. The minimum Gasteiger partial charge on any atom is -0.372 e. The lowest BCUT2D eigenvalue weighted by atomic mass is 9.84. The lowest BCUT2D eigenvalue weighted by Crippen LogP contribution is -2.67. The third kappa shape index (κ3) is 3.80. The van der Waals surface area contributed by atoms with Crippen LogP contribution in [0.5, 0.6) is 0 Å². The Bertz CT molecular complexity index is 923. The number of nitrogens with zero attached hydrogens (tertiary/aromatic N) is 2. The number of amides is 1. The fourth-order valence-corrected chi connectivity index (χ4v) is 4.51. The molecule has 6 nitrogen and oxygen atoms in total. The molecule has 0 radical (unpaired) electrons. The maximum absolute atomic E-state index is 12.9. The van der Waals surface area contributed by atoms with Crippen molar-refractivity contribution in [3.63, 3.8) is 0 Å². The minimum absolute atomic E-state index is 0.0703. The van der Waals surface area contributed by atoms with E-state index < -0.39 is 0 Å². The van der Waals surface area contributed by atoms with Gasteiger partial charge < -0.3 is 19.1 Å². The van der Waals surface area contributed by atoms with E-state index >= 15 is 0 Å². The van der Waals surface area contributed by atoms with E-state index in [1.165, 1.54) is 5.56 Å². The zero-order valence-electron chi connectivity index (χ0n) is 16.7. The first-order valence-electron chi connectivity index (χ1n) is 10.3. The van der Waals surface area contributed by atoms with E-state index in [1.807, 2.05) is 48.2 Å². The fraction of sp³-hybridized carbons (Fsp3) is 0.478. The smallest absolute Gasteiger partial charge is 0.254 e. The van der Waals surface area contributed by atoms with E-state index in [2.05, 4.69) is 4.98 Å². The standard InChI is InChI=1S/C23H26N2O4/c1-16-3-2-4-20(24-16)13-28-21-7-8-29-23(10-21)14-25(15-23)22(26)17-5-6-18-11-27-12-19(18)9-17/h2-6,9,21H,7-8,10-15H2,1H3. The summed E-state index contributed by atoms with van der Waals surface area (Å²) in [6, 6.07) is 11.9. The summed E-state index contributed by atoms with van der Waals surface area (Å²) >= 11 is 0. The molecule has 1 amide bonds. The van der Waals surface area contributed by atoms with E-state index in [1.54, 1.807) is 0 Å². The van der Waals surface area contributed by atoms with Crippen molar-refractivity contribution in [2.75, 3.05) is 19.7 Å². The Morgan fingerprint density at radius 2 is 2.10 bits per heavy atom. The van der Waals surface area contributed by atoms with E-state index in [0.717, 1.165) is 35.4 Å². The number of aromatic nitrogens is 1.